The molecule has 4 N–H and O–H groups in total. The SMILES string of the molecule is C[C@H](NC(=O)[C@H](Cc1ccccc1)NC(=O)[C@H](Cc1ccccc1)NC(=O)OC(C)(C)C)C(=O)Nc1ccc([N+](=O)[O-])cc1. The molecule has 12 heteroatoms. The number of nitro benzene ring substituents is 1. The van der Waals surface area contributed by atoms with E-state index >= 15 is 0 Å². The molecule has 3 aromatic carbocycles. The zero-order chi connectivity index (χ0) is 32.3. The molecule has 12 nitrogen and oxygen atoms in total. The van der Waals surface area contributed by atoms with Gasteiger partial charge in [0.05, 0.1) is 4.92 Å². The van der Waals surface area contributed by atoms with Crippen molar-refractivity contribution in [2.45, 2.75) is 64.3 Å². The molecule has 0 unspecified atom stereocenters. The van der Waals surface area contributed by atoms with Gasteiger partial charge in [0.25, 0.3) is 5.69 Å². The Labute approximate surface area is 255 Å². The molecule has 0 fully saturated rings. The van der Waals surface area contributed by atoms with Crippen LogP contribution in [0.5, 0.6) is 0 Å². The number of ether oxygens (including phenoxy) is 1. The number of anilines is 1. The van der Waals surface area contributed by atoms with Crippen molar-refractivity contribution in [1.82, 2.24) is 16.0 Å². The number of nitro groups is 1. The number of benzene rings is 3. The minimum absolute atomic E-state index is 0.111. The van der Waals surface area contributed by atoms with E-state index in [1.807, 2.05) is 36.4 Å². The molecule has 232 valence electrons. The van der Waals surface area contributed by atoms with Crippen LogP contribution in [0.15, 0.2) is 84.9 Å². The van der Waals surface area contributed by atoms with Crippen LogP contribution in [-0.4, -0.2) is 52.5 Å². The van der Waals surface area contributed by atoms with Crippen molar-refractivity contribution in [3.63, 3.8) is 0 Å². The molecule has 0 radical (unpaired) electrons. The summed E-state index contributed by atoms with van der Waals surface area (Å²) in [6.07, 6.45) is -0.534. The molecule has 0 bridgehead atoms. The number of hydrogen-bond acceptors (Lipinski definition) is 7. The predicted octanol–water partition coefficient (Wildman–Crippen LogP) is 3.90. The minimum atomic E-state index is -1.10. The van der Waals surface area contributed by atoms with Crippen molar-refractivity contribution in [2.24, 2.45) is 0 Å². The van der Waals surface area contributed by atoms with E-state index in [1.165, 1.54) is 31.2 Å². The third-order valence-corrected chi connectivity index (χ3v) is 6.30. The van der Waals surface area contributed by atoms with E-state index in [0.717, 1.165) is 11.1 Å². The van der Waals surface area contributed by atoms with Crippen LogP contribution in [0.1, 0.15) is 38.8 Å². The number of rotatable bonds is 12. The van der Waals surface area contributed by atoms with Crippen LogP contribution in [0.2, 0.25) is 0 Å². The van der Waals surface area contributed by atoms with E-state index in [4.69, 9.17) is 4.74 Å². The maximum Gasteiger partial charge on any atom is 0.408 e. The van der Waals surface area contributed by atoms with E-state index in [0.29, 0.717) is 5.69 Å². The molecule has 3 rings (SSSR count). The van der Waals surface area contributed by atoms with Crippen molar-refractivity contribution in [2.75, 3.05) is 5.32 Å². The van der Waals surface area contributed by atoms with Crippen LogP contribution in [0.3, 0.4) is 0 Å². The molecular weight excluding hydrogens is 566 g/mol. The number of carbonyl (C=O) groups is 4. The minimum Gasteiger partial charge on any atom is -0.444 e. The lowest BCUT2D eigenvalue weighted by atomic mass is 10.0. The van der Waals surface area contributed by atoms with Gasteiger partial charge in [0.2, 0.25) is 17.7 Å². The van der Waals surface area contributed by atoms with Gasteiger partial charge >= 0.3 is 6.09 Å². The van der Waals surface area contributed by atoms with Gasteiger partial charge in [-0.05, 0) is 51.0 Å². The highest BCUT2D eigenvalue weighted by molar-refractivity contribution is 5.98. The van der Waals surface area contributed by atoms with Crippen LogP contribution in [-0.2, 0) is 32.0 Å². The number of hydrogen-bond donors (Lipinski definition) is 4. The Kier molecular flexibility index (Phi) is 11.5. The smallest absolute Gasteiger partial charge is 0.408 e. The lowest BCUT2D eigenvalue weighted by Crippen LogP contribution is -2.57. The molecule has 0 aliphatic heterocycles. The summed E-state index contributed by atoms with van der Waals surface area (Å²) in [7, 11) is 0. The summed E-state index contributed by atoms with van der Waals surface area (Å²) in [4.78, 5) is 62.8. The first-order chi connectivity index (χ1) is 20.8. The molecule has 44 heavy (non-hydrogen) atoms. The van der Waals surface area contributed by atoms with Crippen molar-refractivity contribution in [3.05, 3.63) is 106 Å². The first kappa shape index (κ1) is 33.2. The molecule has 4 amide bonds. The molecular formula is C32H37N5O7. The first-order valence-electron chi connectivity index (χ1n) is 14.0. The first-order valence-corrected chi connectivity index (χ1v) is 14.0. The number of non-ortho nitro benzene ring substituents is 1. The molecule has 3 atom stereocenters. The van der Waals surface area contributed by atoms with E-state index in [-0.39, 0.29) is 18.5 Å². The fraction of sp³-hybridized carbons (Fsp3) is 0.312. The summed E-state index contributed by atoms with van der Waals surface area (Å²) in [5, 5.41) is 21.5. The molecule has 3 aromatic rings. The zero-order valence-corrected chi connectivity index (χ0v) is 25.0. The largest absolute Gasteiger partial charge is 0.444 e. The number of nitrogens with zero attached hydrogens (tertiary/aromatic N) is 1. The van der Waals surface area contributed by atoms with Gasteiger partial charge in [0.15, 0.2) is 0 Å². The quantitative estimate of drug-likeness (QED) is 0.180. The van der Waals surface area contributed by atoms with Gasteiger partial charge < -0.3 is 26.0 Å². The average molecular weight is 604 g/mol. The summed E-state index contributed by atoms with van der Waals surface area (Å²) in [5.41, 5.74) is 0.932. The normalized spacial score (nSPS) is 13.0. The molecule has 0 heterocycles. The van der Waals surface area contributed by atoms with Crippen molar-refractivity contribution in [1.29, 1.82) is 0 Å². The summed E-state index contributed by atoms with van der Waals surface area (Å²) >= 11 is 0. The maximum atomic E-state index is 13.6. The molecule has 0 spiro atoms. The van der Waals surface area contributed by atoms with Crippen LogP contribution >= 0.6 is 0 Å². The summed E-state index contributed by atoms with van der Waals surface area (Å²) in [5.74, 6) is -1.80. The highest BCUT2D eigenvalue weighted by Crippen LogP contribution is 2.16. The van der Waals surface area contributed by atoms with E-state index in [9.17, 15) is 29.3 Å². The van der Waals surface area contributed by atoms with E-state index in [2.05, 4.69) is 21.3 Å². The van der Waals surface area contributed by atoms with Gasteiger partial charge in [0, 0.05) is 30.7 Å². The van der Waals surface area contributed by atoms with Crippen molar-refractivity contribution in [3.8, 4) is 0 Å². The van der Waals surface area contributed by atoms with Crippen LogP contribution < -0.4 is 21.3 Å². The van der Waals surface area contributed by atoms with Gasteiger partial charge in [-0.25, -0.2) is 4.79 Å². The lowest BCUT2D eigenvalue weighted by Gasteiger charge is -2.26. The van der Waals surface area contributed by atoms with Crippen molar-refractivity contribution < 1.29 is 28.8 Å². The number of carbonyl (C=O) groups excluding carboxylic acids is 4. The Hall–Kier alpha value is -5.26. The Morgan fingerprint density at radius 3 is 1.68 bits per heavy atom. The molecule has 0 aliphatic carbocycles. The fourth-order valence-electron chi connectivity index (χ4n) is 4.14. The maximum absolute atomic E-state index is 13.6. The second-order valence-electron chi connectivity index (χ2n) is 11.2. The fourth-order valence-corrected chi connectivity index (χ4v) is 4.14. The summed E-state index contributed by atoms with van der Waals surface area (Å²) in [6.45, 7) is 6.59. The lowest BCUT2D eigenvalue weighted by molar-refractivity contribution is -0.384. The Morgan fingerprint density at radius 1 is 0.727 bits per heavy atom. The molecule has 0 aromatic heterocycles. The van der Waals surface area contributed by atoms with Crippen LogP contribution in [0.25, 0.3) is 0 Å². The highest BCUT2D eigenvalue weighted by atomic mass is 16.6. The van der Waals surface area contributed by atoms with Gasteiger partial charge in [-0.2, -0.15) is 0 Å². The van der Waals surface area contributed by atoms with Crippen LogP contribution in [0, 0.1) is 10.1 Å². The summed E-state index contributed by atoms with van der Waals surface area (Å²) in [6, 6.07) is 20.2. The number of amides is 4. The number of nitrogens with one attached hydrogen (secondary N) is 4. The molecule has 0 saturated carbocycles. The Morgan fingerprint density at radius 2 is 1.20 bits per heavy atom. The van der Waals surface area contributed by atoms with Crippen LogP contribution in [0.4, 0.5) is 16.2 Å². The zero-order valence-electron chi connectivity index (χ0n) is 25.0. The third kappa shape index (κ3) is 10.9. The standard InChI is InChI=1S/C32H37N5O7/c1-21(28(38)34-24-15-17-25(18-16-24)37(42)43)33-29(39)26(19-22-11-7-5-8-12-22)35-30(40)27(20-23-13-9-6-10-14-23)36-31(41)44-32(2,3)4/h5-18,21,26-27H,19-20H2,1-4H3,(H,33,39)(H,34,38)(H,35,40)(H,36,41)/t21-,26-,27-/m0/s1. The second-order valence-corrected chi connectivity index (χ2v) is 11.2. The van der Waals surface area contributed by atoms with Gasteiger partial charge in [0.1, 0.15) is 23.7 Å². The van der Waals surface area contributed by atoms with Crippen molar-refractivity contribution >= 4 is 35.2 Å². The topological polar surface area (TPSA) is 169 Å². The Balaban J connectivity index is 1.76. The monoisotopic (exact) mass is 603 g/mol. The predicted molar refractivity (Wildman–Crippen MR) is 165 cm³/mol. The summed E-state index contributed by atoms with van der Waals surface area (Å²) < 4.78 is 5.36. The third-order valence-electron chi connectivity index (χ3n) is 6.30. The Bertz CT molecular complexity index is 1440. The highest BCUT2D eigenvalue weighted by Gasteiger charge is 2.30. The van der Waals surface area contributed by atoms with E-state index in [1.54, 1.807) is 45.0 Å². The van der Waals surface area contributed by atoms with E-state index < -0.39 is 52.5 Å². The second kappa shape index (κ2) is 15.3. The van der Waals surface area contributed by atoms with Gasteiger partial charge in [-0.3, -0.25) is 24.5 Å². The molecule has 0 aliphatic rings. The average Bonchev–Trinajstić information content (AvgIpc) is 2.96. The van der Waals surface area contributed by atoms with Gasteiger partial charge in [-0.15, -0.1) is 0 Å². The number of alkyl carbamates (subject to hydrolysis) is 1. The molecule has 0 saturated heterocycles. The van der Waals surface area contributed by atoms with Gasteiger partial charge in [-0.1, -0.05) is 60.7 Å².